The summed E-state index contributed by atoms with van der Waals surface area (Å²) in [5.74, 6) is 0. The molecule has 0 radical (unpaired) electrons. The van der Waals surface area contributed by atoms with Crippen LogP contribution in [0.4, 0.5) is 0 Å². The third kappa shape index (κ3) is 4.25. The highest BCUT2D eigenvalue weighted by Crippen LogP contribution is 2.21. The summed E-state index contributed by atoms with van der Waals surface area (Å²) in [7, 11) is 1.30. The lowest BCUT2D eigenvalue weighted by Gasteiger charge is -2.41. The molecule has 0 fully saturated rings. The van der Waals surface area contributed by atoms with E-state index >= 15 is 0 Å². The molecule has 2 nitrogen and oxygen atoms in total. The van der Waals surface area contributed by atoms with Crippen molar-refractivity contribution in [2.24, 2.45) is 0 Å². The van der Waals surface area contributed by atoms with Gasteiger partial charge in [0.1, 0.15) is 0 Å². The van der Waals surface area contributed by atoms with E-state index in [9.17, 15) is 0 Å². The van der Waals surface area contributed by atoms with Crippen molar-refractivity contribution in [2.75, 3.05) is 26.2 Å². The molecule has 1 unspecified atom stereocenters. The second-order valence-corrected chi connectivity index (χ2v) is 5.72. The van der Waals surface area contributed by atoms with E-state index in [0.717, 1.165) is 5.54 Å². The van der Waals surface area contributed by atoms with Crippen molar-refractivity contribution in [2.45, 2.75) is 52.7 Å². The van der Waals surface area contributed by atoms with E-state index < -0.39 is 0 Å². The lowest BCUT2D eigenvalue weighted by Crippen LogP contribution is -2.50. The lowest BCUT2D eigenvalue weighted by molar-refractivity contribution is 0.0505. The van der Waals surface area contributed by atoms with Gasteiger partial charge in [-0.3, -0.25) is 9.80 Å². The summed E-state index contributed by atoms with van der Waals surface area (Å²) in [6.07, 6.45) is 2.01. The fourth-order valence-electron chi connectivity index (χ4n) is 2.36. The maximum absolute atomic E-state index is 2.62. The average Bonchev–Trinajstić information content (AvgIpc) is 2.28. The number of hydrogen-bond donors (Lipinski definition) is 0. The van der Waals surface area contributed by atoms with E-state index in [1.807, 2.05) is 0 Å². The van der Waals surface area contributed by atoms with Crippen molar-refractivity contribution in [1.29, 1.82) is 0 Å². The molecule has 0 amide bonds. The van der Waals surface area contributed by atoms with Gasteiger partial charge in [-0.2, -0.15) is 0 Å². The monoisotopic (exact) mass is 230 g/mol. The van der Waals surface area contributed by atoms with Gasteiger partial charge < -0.3 is 0 Å². The molecule has 0 aromatic carbocycles. The van der Waals surface area contributed by atoms with E-state index in [-0.39, 0.29) is 0 Å². The maximum Gasteiger partial charge on any atom is 0.0617 e. The Balaban J connectivity index is 4.67. The highest BCUT2D eigenvalue weighted by Gasteiger charge is 2.25. The summed E-state index contributed by atoms with van der Waals surface area (Å²) < 4.78 is 0. The largest absolute Gasteiger partial charge is 0.288 e. The fourth-order valence-corrected chi connectivity index (χ4v) is 3.20. The van der Waals surface area contributed by atoms with Gasteiger partial charge in [0.2, 0.25) is 0 Å². The zero-order chi connectivity index (χ0) is 11.8. The molecule has 0 saturated carbocycles. The Morgan fingerprint density at radius 3 is 1.33 bits per heavy atom. The highest BCUT2D eigenvalue weighted by atomic mass is 28.1. The first kappa shape index (κ1) is 15.1. The van der Waals surface area contributed by atoms with Gasteiger partial charge in [-0.1, -0.05) is 41.0 Å². The second-order valence-electron chi connectivity index (χ2n) is 4.24. The molecule has 0 heterocycles. The second kappa shape index (κ2) is 8.31. The Hall–Kier alpha value is 0.137. The normalized spacial score (nSPS) is 14.4. The summed E-state index contributed by atoms with van der Waals surface area (Å²) in [6.45, 7) is 16.2. The van der Waals surface area contributed by atoms with E-state index in [1.165, 1.54) is 42.8 Å². The molecule has 15 heavy (non-hydrogen) atoms. The van der Waals surface area contributed by atoms with Gasteiger partial charge in [-0.05, 0) is 31.7 Å². The molecule has 0 bridgehead atoms. The zero-order valence-corrected chi connectivity index (χ0v) is 13.6. The maximum atomic E-state index is 2.62. The SMILES string of the molecule is CCC([SiH3])C(N(CC)CC)N(CC)CC. The Morgan fingerprint density at radius 2 is 1.13 bits per heavy atom. The average molecular weight is 230 g/mol. The number of rotatable bonds is 8. The number of nitrogens with zero attached hydrogens (tertiary/aromatic N) is 2. The van der Waals surface area contributed by atoms with Crippen LogP contribution in [0.5, 0.6) is 0 Å². The van der Waals surface area contributed by atoms with Crippen LogP contribution >= 0.6 is 0 Å². The topological polar surface area (TPSA) is 6.48 Å². The summed E-state index contributed by atoms with van der Waals surface area (Å²) >= 11 is 0. The van der Waals surface area contributed by atoms with E-state index in [0.29, 0.717) is 6.17 Å². The quantitative estimate of drug-likeness (QED) is 0.461. The molecule has 0 saturated heterocycles. The van der Waals surface area contributed by atoms with Crippen LogP contribution in [0.25, 0.3) is 0 Å². The fraction of sp³-hybridized carbons (Fsp3) is 1.00. The first-order valence-corrected chi connectivity index (χ1v) is 7.79. The Morgan fingerprint density at radius 1 is 0.800 bits per heavy atom. The molecule has 0 aliphatic heterocycles. The summed E-state index contributed by atoms with van der Waals surface area (Å²) in [4.78, 5) is 5.24. The minimum Gasteiger partial charge on any atom is -0.288 e. The van der Waals surface area contributed by atoms with E-state index in [1.54, 1.807) is 0 Å². The third-order valence-corrected chi connectivity index (χ3v) is 4.94. The molecule has 0 aromatic rings. The molecule has 0 rings (SSSR count). The minimum atomic E-state index is 0.687. The van der Waals surface area contributed by atoms with Gasteiger partial charge >= 0.3 is 0 Å². The molecule has 92 valence electrons. The first-order chi connectivity index (χ1) is 7.15. The van der Waals surface area contributed by atoms with Gasteiger partial charge in [-0.15, -0.1) is 0 Å². The lowest BCUT2D eigenvalue weighted by atomic mass is 10.2. The van der Waals surface area contributed by atoms with Crippen LogP contribution in [0, 0.1) is 0 Å². The van der Waals surface area contributed by atoms with Gasteiger partial charge in [0.25, 0.3) is 0 Å². The zero-order valence-electron chi connectivity index (χ0n) is 11.6. The molecule has 0 aliphatic carbocycles. The standard InChI is InChI=1S/C12H30N2Si/c1-6-11(15)12(13(7-2)8-3)14(9-4)10-5/h11-12H,6-10H2,1-5,15H3. The molecular formula is C12H30N2Si. The van der Waals surface area contributed by atoms with Crippen molar-refractivity contribution in [1.82, 2.24) is 9.80 Å². The van der Waals surface area contributed by atoms with Crippen molar-refractivity contribution < 1.29 is 0 Å². The van der Waals surface area contributed by atoms with Gasteiger partial charge in [0.05, 0.1) is 6.17 Å². The molecule has 1 atom stereocenters. The van der Waals surface area contributed by atoms with Crippen molar-refractivity contribution >= 4 is 10.2 Å². The van der Waals surface area contributed by atoms with Crippen molar-refractivity contribution in [3.8, 4) is 0 Å². The van der Waals surface area contributed by atoms with Crippen LogP contribution in [0.2, 0.25) is 5.54 Å². The predicted octanol–water partition coefficient (Wildman–Crippen LogP) is 1.56. The third-order valence-electron chi connectivity index (χ3n) is 3.53. The highest BCUT2D eigenvalue weighted by molar-refractivity contribution is 6.12. The van der Waals surface area contributed by atoms with Crippen molar-refractivity contribution in [3.05, 3.63) is 0 Å². The Kier molecular flexibility index (Phi) is 8.38. The Bertz CT molecular complexity index is 133. The molecule has 0 aliphatic rings. The van der Waals surface area contributed by atoms with Crippen LogP contribution in [0.3, 0.4) is 0 Å². The van der Waals surface area contributed by atoms with Crippen LogP contribution < -0.4 is 0 Å². The summed E-state index contributed by atoms with van der Waals surface area (Å²) in [5.41, 5.74) is 0.893. The van der Waals surface area contributed by atoms with Crippen LogP contribution in [-0.2, 0) is 0 Å². The minimum absolute atomic E-state index is 0.687. The van der Waals surface area contributed by atoms with Crippen LogP contribution in [0.15, 0.2) is 0 Å². The molecule has 0 N–H and O–H groups in total. The van der Waals surface area contributed by atoms with Crippen LogP contribution in [0.1, 0.15) is 41.0 Å². The smallest absolute Gasteiger partial charge is 0.0617 e. The molecule has 0 spiro atoms. The van der Waals surface area contributed by atoms with Gasteiger partial charge in [0.15, 0.2) is 0 Å². The summed E-state index contributed by atoms with van der Waals surface area (Å²) in [6, 6.07) is 0. The number of hydrogen-bond acceptors (Lipinski definition) is 2. The predicted molar refractivity (Wildman–Crippen MR) is 73.6 cm³/mol. The molecule has 0 aromatic heterocycles. The van der Waals surface area contributed by atoms with Gasteiger partial charge in [0, 0.05) is 10.2 Å². The Labute approximate surface area is 99.4 Å². The van der Waals surface area contributed by atoms with E-state index in [4.69, 9.17) is 0 Å². The van der Waals surface area contributed by atoms with Gasteiger partial charge in [-0.25, -0.2) is 0 Å². The van der Waals surface area contributed by atoms with Crippen molar-refractivity contribution in [3.63, 3.8) is 0 Å². The first-order valence-electron chi connectivity index (χ1n) is 6.64. The van der Waals surface area contributed by atoms with E-state index in [2.05, 4.69) is 44.4 Å². The van der Waals surface area contributed by atoms with Crippen LogP contribution in [-0.4, -0.2) is 52.4 Å². The molecule has 3 heteroatoms. The molecular weight excluding hydrogens is 200 g/mol. The summed E-state index contributed by atoms with van der Waals surface area (Å²) in [5, 5.41) is 0.